The molecule has 17 rings (SSSR count). The molecule has 4 fully saturated rings. The van der Waals surface area contributed by atoms with Crippen molar-refractivity contribution in [3.63, 3.8) is 0 Å². The van der Waals surface area contributed by atoms with Gasteiger partial charge in [-0.05, 0) is 186 Å². The number of hydrogen-bond donors (Lipinski definition) is 1. The van der Waals surface area contributed by atoms with E-state index in [1.807, 2.05) is 28.5 Å². The molecular weight excluding hydrogens is 1950 g/mol. The van der Waals surface area contributed by atoms with Gasteiger partial charge in [-0.1, -0.05) is 58.0 Å². The summed E-state index contributed by atoms with van der Waals surface area (Å²) in [6.07, 6.45) is -0.272. The Morgan fingerprint density at radius 2 is 0.759 bits per heavy atom. The van der Waals surface area contributed by atoms with E-state index < -0.39 is 61.2 Å². The van der Waals surface area contributed by atoms with Crippen LogP contribution < -0.4 is 24.5 Å². The summed E-state index contributed by atoms with van der Waals surface area (Å²) in [5, 5.41) is 9.67. The molecule has 25 nitrogen and oxygen atoms in total. The molecule has 0 unspecified atom stereocenters. The Bertz CT molecular complexity index is 6020. The third-order valence-corrected chi connectivity index (χ3v) is 31.8. The van der Waals surface area contributed by atoms with Gasteiger partial charge in [-0.3, -0.25) is 44.0 Å². The summed E-state index contributed by atoms with van der Waals surface area (Å²) in [6, 6.07) is 14.6. The summed E-state index contributed by atoms with van der Waals surface area (Å²) in [5.41, 5.74) is 4.09. The Balaban J connectivity index is 0.000000146. The molecule has 5 aromatic heterocycles. The van der Waals surface area contributed by atoms with Crippen LogP contribution in [-0.4, -0.2) is 249 Å². The maximum Gasteiger partial charge on any atom is 0.416 e. The number of rotatable bonds is 15. The zero-order valence-electron chi connectivity index (χ0n) is 75.4. The van der Waals surface area contributed by atoms with Crippen molar-refractivity contribution in [2.75, 3.05) is 180 Å². The van der Waals surface area contributed by atoms with Crippen molar-refractivity contribution < 1.29 is 86.1 Å². The minimum absolute atomic E-state index is 0.0191. The molecule has 8 aliphatic heterocycles. The second-order valence-corrected chi connectivity index (χ2v) is 44.3. The molecule has 4 amide bonds. The van der Waals surface area contributed by atoms with E-state index in [1.54, 1.807) is 73.6 Å². The first-order chi connectivity index (χ1) is 64.9. The highest BCUT2D eigenvalue weighted by Crippen LogP contribution is 2.48. The van der Waals surface area contributed by atoms with E-state index in [-0.39, 0.29) is 115 Å². The van der Waals surface area contributed by atoms with Crippen LogP contribution in [0.3, 0.4) is 0 Å². The van der Waals surface area contributed by atoms with Crippen LogP contribution in [0.2, 0.25) is 25.1 Å². The zero-order chi connectivity index (χ0) is 98.4. The SMILES string of the molecule is CP1(=O)CCN(C(=O)c2cnc3c(n2)N(Cc2c(C(F)(F)F)ccc(Cl)c2Cl)CCC3)CC1.Cc1c(C(=O)N2CCN(c3ncccn3)CC2)cnc2c1N(Cc1cc(Cl)ccc1C(F)(F)F)CCC2.Cc1c(C(=O)N2CCP(C)(=O)CC2)cnc2c1N(Cc1cc(Cl)ccc1C(F)(F)F)CCCC2.O=C(c1cnc2c(n1)N(Cc1cc(Cl)ccc1C(F)(F)F)CCC2)N1CCN(CCO)CC1. The van der Waals surface area contributed by atoms with Gasteiger partial charge in [0.05, 0.1) is 111 Å². The fourth-order valence-corrected chi connectivity index (χ4v) is 22.3. The molecule has 0 aliphatic carbocycles. The smallest absolute Gasteiger partial charge is 0.395 e. The number of hydrogen-bond acceptors (Lipinski definition) is 21. The van der Waals surface area contributed by atoms with E-state index >= 15 is 0 Å². The molecule has 8 aliphatic rings. The number of amides is 4. The quantitative estimate of drug-likeness (QED) is 0.0739. The number of carbonyl (C=O) groups is 4. The molecule has 0 radical (unpaired) electrons. The lowest BCUT2D eigenvalue weighted by Crippen LogP contribution is -2.49. The van der Waals surface area contributed by atoms with Crippen LogP contribution in [-0.2, 0) is 85.7 Å². The van der Waals surface area contributed by atoms with E-state index in [1.165, 1.54) is 48.8 Å². The molecule has 13 heterocycles. The molecule has 1 N–H and O–H groups in total. The number of nitrogens with zero attached hydrogens (tertiary/aromatic N) is 18. The first-order valence-electron chi connectivity index (χ1n) is 44.8. The first-order valence-corrected chi connectivity index (χ1v) is 51.8. The van der Waals surface area contributed by atoms with Crippen molar-refractivity contribution in [1.82, 2.24) is 64.4 Å². The monoisotopic (exact) mass is 2050 g/mol. The summed E-state index contributed by atoms with van der Waals surface area (Å²) in [5.74, 6) is 0.566. The number of alkyl halides is 12. The van der Waals surface area contributed by atoms with Gasteiger partial charge in [-0.2, -0.15) is 52.7 Å². The van der Waals surface area contributed by atoms with Gasteiger partial charge in [-0.15, -0.1) is 0 Å². The van der Waals surface area contributed by atoms with Gasteiger partial charge in [0.25, 0.3) is 23.6 Å². The fraction of sp³-hybridized carbons (Fsp3) is 0.462. The topological polar surface area (TPSA) is 258 Å². The number of halogens is 17. The number of β-amino-alcohol motifs (C(OH)–C–C–N with tert-alkyl or cyclic N) is 1. The summed E-state index contributed by atoms with van der Waals surface area (Å²) in [4.78, 5) is 106. The van der Waals surface area contributed by atoms with Crippen LogP contribution in [0.1, 0.15) is 152 Å². The number of fused-ring (bicyclic) bond motifs is 4. The molecule has 0 atom stereocenters. The number of aliphatic hydroxyl groups is 1. The molecule has 4 aromatic carbocycles. The Labute approximate surface area is 809 Å². The van der Waals surface area contributed by atoms with Crippen LogP contribution in [0.5, 0.6) is 0 Å². The largest absolute Gasteiger partial charge is 0.416 e. The third kappa shape index (κ3) is 25.2. The number of aliphatic hydroxyl groups excluding tert-OH is 1. The van der Waals surface area contributed by atoms with Crippen molar-refractivity contribution >= 4 is 125 Å². The predicted octanol–water partition coefficient (Wildman–Crippen LogP) is 18.7. The second-order valence-electron chi connectivity index (χ2n) is 35.2. The average Bonchev–Trinajstić information content (AvgIpc) is 0.931. The maximum absolute atomic E-state index is 13.7. The number of anilines is 5. The number of aromatic nitrogens is 8. The molecule has 0 bridgehead atoms. The van der Waals surface area contributed by atoms with Crippen LogP contribution in [0, 0.1) is 13.8 Å². The summed E-state index contributed by atoms with van der Waals surface area (Å²) in [7, 11) is -4.39. The van der Waals surface area contributed by atoms with Crippen molar-refractivity contribution in [3.8, 4) is 0 Å². The van der Waals surface area contributed by atoms with Crippen LogP contribution in [0.4, 0.5) is 81.6 Å². The first kappa shape index (κ1) is 103. The Kier molecular flexibility index (Phi) is 32.8. The molecule has 44 heteroatoms. The van der Waals surface area contributed by atoms with E-state index in [2.05, 4.69) is 44.8 Å². The molecule has 734 valence electrons. The van der Waals surface area contributed by atoms with Crippen LogP contribution in [0.25, 0.3) is 0 Å². The fourth-order valence-electron chi connectivity index (χ4n) is 18.2. The van der Waals surface area contributed by atoms with Crippen molar-refractivity contribution in [3.05, 3.63) is 236 Å². The van der Waals surface area contributed by atoms with Gasteiger partial charge in [0.2, 0.25) is 5.95 Å². The van der Waals surface area contributed by atoms with Crippen LogP contribution in [0.15, 0.2) is 110 Å². The highest BCUT2D eigenvalue weighted by Gasteiger charge is 2.42. The van der Waals surface area contributed by atoms with E-state index in [0.717, 1.165) is 89.9 Å². The Morgan fingerprint density at radius 3 is 1.19 bits per heavy atom. The molecule has 0 saturated carbocycles. The summed E-state index contributed by atoms with van der Waals surface area (Å²) >= 11 is 30.3. The average molecular weight is 2050 g/mol. The lowest BCUT2D eigenvalue weighted by atomic mass is 9.98. The van der Waals surface area contributed by atoms with Gasteiger partial charge in [0.15, 0.2) is 11.6 Å². The van der Waals surface area contributed by atoms with Crippen molar-refractivity contribution in [2.45, 2.75) is 123 Å². The molecule has 137 heavy (non-hydrogen) atoms. The van der Waals surface area contributed by atoms with Crippen molar-refractivity contribution in [1.29, 1.82) is 0 Å². The lowest BCUT2D eigenvalue weighted by molar-refractivity contribution is -0.139. The van der Waals surface area contributed by atoms with Crippen molar-refractivity contribution in [2.24, 2.45) is 0 Å². The maximum atomic E-state index is 13.7. The molecule has 4 saturated heterocycles. The van der Waals surface area contributed by atoms with Gasteiger partial charge >= 0.3 is 24.7 Å². The highest BCUT2D eigenvalue weighted by atomic mass is 35.5. The minimum atomic E-state index is -4.60. The van der Waals surface area contributed by atoms with Gasteiger partial charge < -0.3 is 58.3 Å². The summed E-state index contributed by atoms with van der Waals surface area (Å²) in [6.45, 7) is 15.9. The van der Waals surface area contributed by atoms with E-state index in [9.17, 15) is 81.0 Å². The number of benzene rings is 4. The molecule has 0 spiro atoms. The van der Waals surface area contributed by atoms with Gasteiger partial charge in [-0.25, -0.2) is 19.9 Å². The molecular formula is C93H101Cl5F12N18O7P2. The summed E-state index contributed by atoms with van der Waals surface area (Å²) < 4.78 is 188. The highest BCUT2D eigenvalue weighted by molar-refractivity contribution is 7.63. The normalized spacial score (nSPS) is 17.5. The lowest BCUT2D eigenvalue weighted by Gasteiger charge is -2.36. The van der Waals surface area contributed by atoms with E-state index in [4.69, 9.17) is 63.1 Å². The Morgan fingerprint density at radius 1 is 0.401 bits per heavy atom. The number of pyridine rings is 2. The standard InChI is InChI=1S/C26H26ClF3N6O.C24H28ClF3N3O2P.C22H25ClF3N5O2.C21H22Cl2F3N4O2P/c1-17-20(24(37)34-10-12-35(13-11-34)25-31-7-3-8-32-25)15-33-22-4-2-9-36(23(17)22)16-18-14-19(27)5-6-21(18)26(28,29)30;1-16-19(23(32)30-9-11-34(2,33)12-10-30)14-29-21-5-3-4-8-31(22(16)21)15-17-13-18(25)6-7-20(17)24(26,27)28;23-16-3-4-17(22(24,25)26)15(12-16)14-31-5-1-2-18-20(31)28-19(13-27-18)21(33)30-8-6-29(7-9-30)10-11-32;1-33(32)9-7-29(8-10-33)20(31)17-11-27-16-3-2-6-30(19(16)28-17)12-13-14(21(24,25)26)4-5-15(22)18(13)23/h3,5-8,14-15H,2,4,9-13,16H2,1H3;6-7,13-14H,3-5,8-12,15H2,1-2H3;3-4,12-13,32H,1-2,5-11,14H2;4-5,11H,2-3,6-10,12H2,1H3. The van der Waals surface area contributed by atoms with E-state index in [0.29, 0.717) is 208 Å². The number of aryl methyl sites for hydroxylation is 4. The van der Waals surface area contributed by atoms with Gasteiger partial charge in [0.1, 0.15) is 11.4 Å². The predicted molar refractivity (Wildman–Crippen MR) is 503 cm³/mol. The second kappa shape index (κ2) is 43.6. The van der Waals surface area contributed by atoms with Crippen LogP contribution >= 0.6 is 72.3 Å². The Hall–Kier alpha value is -9.71. The van der Waals surface area contributed by atoms with Gasteiger partial charge in [0, 0.05) is 208 Å². The minimum Gasteiger partial charge on any atom is -0.395 e. The zero-order valence-corrected chi connectivity index (χ0v) is 81.0. The number of piperazine rings is 2. The number of carbonyl (C=O) groups excluding carboxylic acids is 4. The molecule has 9 aromatic rings. The third-order valence-electron chi connectivity index (χ3n) is 25.6.